The summed E-state index contributed by atoms with van der Waals surface area (Å²) in [5, 5.41) is 14.3. The fourth-order valence-electron chi connectivity index (χ4n) is 3.32. The Morgan fingerprint density at radius 1 is 1.27 bits per heavy atom. The van der Waals surface area contributed by atoms with E-state index in [1.807, 2.05) is 6.07 Å². The van der Waals surface area contributed by atoms with Crippen molar-refractivity contribution in [1.29, 1.82) is 0 Å². The van der Waals surface area contributed by atoms with Crippen LogP contribution in [0.2, 0.25) is 10.0 Å². The maximum absolute atomic E-state index is 12.9. The molecule has 1 aliphatic rings. The molecule has 0 bridgehead atoms. The lowest BCUT2D eigenvalue weighted by Gasteiger charge is -2.20. The summed E-state index contributed by atoms with van der Waals surface area (Å²) in [6, 6.07) is 5.24. The summed E-state index contributed by atoms with van der Waals surface area (Å²) < 4.78 is 0. The molecule has 1 aromatic carbocycles. The molecule has 1 aliphatic carbocycles. The minimum Gasteiger partial charge on any atom is -0.476 e. The Hall–Kier alpha value is -1.63. The molecular formula is C18H18Cl2N2O3S. The van der Waals surface area contributed by atoms with Gasteiger partial charge in [-0.2, -0.15) is 0 Å². The lowest BCUT2D eigenvalue weighted by atomic mass is 9.87. The number of carboxylic acid groups (broad SMARTS) is 1. The van der Waals surface area contributed by atoms with Crippen molar-refractivity contribution >= 4 is 51.5 Å². The predicted molar refractivity (Wildman–Crippen MR) is 103 cm³/mol. The second kappa shape index (κ2) is 8.37. The largest absolute Gasteiger partial charge is 0.476 e. The van der Waals surface area contributed by atoms with Gasteiger partial charge >= 0.3 is 5.97 Å². The second-order valence-corrected chi connectivity index (χ2v) is 8.12. The number of halogens is 2. The summed E-state index contributed by atoms with van der Waals surface area (Å²) >= 11 is 13.2. The molecular weight excluding hydrogens is 395 g/mol. The Morgan fingerprint density at radius 2 is 2.00 bits per heavy atom. The molecule has 0 spiro atoms. The number of nitrogens with zero attached hydrogens (tertiary/aromatic N) is 1. The Bertz CT molecular complexity index is 819. The lowest BCUT2D eigenvalue weighted by Crippen LogP contribution is -2.23. The van der Waals surface area contributed by atoms with Gasteiger partial charge in [0.2, 0.25) is 5.91 Å². The highest BCUT2D eigenvalue weighted by molar-refractivity contribution is 7.14. The molecule has 0 aliphatic heterocycles. The van der Waals surface area contributed by atoms with E-state index in [9.17, 15) is 9.59 Å². The first-order valence-corrected chi connectivity index (χ1v) is 10.0. The first-order chi connectivity index (χ1) is 12.4. The van der Waals surface area contributed by atoms with Gasteiger partial charge in [0.25, 0.3) is 0 Å². The fourth-order valence-corrected chi connectivity index (χ4v) is 4.32. The number of anilines is 1. The van der Waals surface area contributed by atoms with E-state index in [1.54, 1.807) is 12.1 Å². The van der Waals surface area contributed by atoms with Gasteiger partial charge in [-0.05, 0) is 30.0 Å². The van der Waals surface area contributed by atoms with Gasteiger partial charge in [-0.3, -0.25) is 4.79 Å². The van der Waals surface area contributed by atoms with Crippen molar-refractivity contribution in [2.24, 2.45) is 5.92 Å². The second-order valence-electron chi connectivity index (χ2n) is 6.44. The van der Waals surface area contributed by atoms with E-state index in [2.05, 4.69) is 10.3 Å². The highest BCUT2D eigenvalue weighted by Crippen LogP contribution is 2.36. The zero-order chi connectivity index (χ0) is 18.7. The van der Waals surface area contributed by atoms with Gasteiger partial charge in [0, 0.05) is 5.38 Å². The van der Waals surface area contributed by atoms with E-state index < -0.39 is 5.97 Å². The topological polar surface area (TPSA) is 79.3 Å². The number of carbonyl (C=O) groups excluding carboxylic acids is 1. The molecule has 0 radical (unpaired) electrons. The van der Waals surface area contributed by atoms with E-state index in [-0.39, 0.29) is 22.7 Å². The third-order valence-corrected chi connectivity index (χ3v) is 6.16. The molecule has 1 fully saturated rings. The van der Waals surface area contributed by atoms with Crippen LogP contribution >= 0.6 is 34.5 Å². The molecule has 1 amide bonds. The van der Waals surface area contributed by atoms with Gasteiger partial charge in [-0.1, -0.05) is 55.0 Å². The first kappa shape index (κ1) is 19.1. The van der Waals surface area contributed by atoms with E-state index in [0.29, 0.717) is 16.0 Å². The van der Waals surface area contributed by atoms with Crippen LogP contribution in [0.25, 0.3) is 0 Å². The van der Waals surface area contributed by atoms with Crippen LogP contribution in [-0.4, -0.2) is 22.0 Å². The van der Waals surface area contributed by atoms with Crippen LogP contribution in [-0.2, 0) is 4.79 Å². The molecule has 1 atom stereocenters. The van der Waals surface area contributed by atoms with Crippen LogP contribution in [0.1, 0.15) is 54.1 Å². The summed E-state index contributed by atoms with van der Waals surface area (Å²) in [4.78, 5) is 27.8. The molecule has 1 heterocycles. The number of hydrogen-bond acceptors (Lipinski definition) is 4. The predicted octanol–water partition coefficient (Wildman–Crippen LogP) is 5.45. The third-order valence-electron chi connectivity index (χ3n) is 4.66. The summed E-state index contributed by atoms with van der Waals surface area (Å²) in [7, 11) is 0. The quantitative estimate of drug-likeness (QED) is 0.660. The SMILES string of the molecule is O=C(O)c1csc(NC(=O)[C@H](CC2CCCC2)c2ccc(Cl)c(Cl)c2)n1. The summed E-state index contributed by atoms with van der Waals surface area (Å²) in [5.41, 5.74) is 0.728. The highest BCUT2D eigenvalue weighted by atomic mass is 35.5. The number of carbonyl (C=O) groups is 2. The molecule has 26 heavy (non-hydrogen) atoms. The Morgan fingerprint density at radius 3 is 2.62 bits per heavy atom. The molecule has 1 saturated carbocycles. The third kappa shape index (κ3) is 4.55. The first-order valence-electron chi connectivity index (χ1n) is 8.38. The van der Waals surface area contributed by atoms with Gasteiger partial charge in [0.05, 0.1) is 16.0 Å². The number of nitrogens with one attached hydrogen (secondary N) is 1. The number of hydrogen-bond donors (Lipinski definition) is 2. The number of amides is 1. The maximum atomic E-state index is 12.9. The number of carboxylic acids is 1. The molecule has 2 N–H and O–H groups in total. The van der Waals surface area contributed by atoms with Crippen molar-refractivity contribution in [2.75, 3.05) is 5.32 Å². The number of benzene rings is 1. The van der Waals surface area contributed by atoms with Gasteiger partial charge < -0.3 is 10.4 Å². The molecule has 0 saturated heterocycles. The number of thiazole rings is 1. The minimum atomic E-state index is -1.12. The molecule has 2 aromatic rings. The normalized spacial score (nSPS) is 15.8. The molecule has 8 heteroatoms. The molecule has 5 nitrogen and oxygen atoms in total. The zero-order valence-corrected chi connectivity index (χ0v) is 16.2. The molecule has 0 unspecified atom stereocenters. The van der Waals surface area contributed by atoms with Crippen LogP contribution in [0.15, 0.2) is 23.6 Å². The minimum absolute atomic E-state index is 0.0767. The molecule has 3 rings (SSSR count). The number of aromatic nitrogens is 1. The summed E-state index contributed by atoms with van der Waals surface area (Å²) in [5.74, 6) is -1.22. The van der Waals surface area contributed by atoms with E-state index in [0.717, 1.165) is 36.2 Å². The van der Waals surface area contributed by atoms with E-state index in [1.165, 1.54) is 18.2 Å². The fraction of sp³-hybridized carbons (Fsp3) is 0.389. The highest BCUT2D eigenvalue weighted by Gasteiger charge is 2.28. The number of rotatable bonds is 6. The van der Waals surface area contributed by atoms with Crippen molar-refractivity contribution in [2.45, 2.75) is 38.0 Å². The summed E-state index contributed by atoms with van der Waals surface area (Å²) in [6.45, 7) is 0. The molecule has 1 aromatic heterocycles. The number of aromatic carboxylic acids is 1. The van der Waals surface area contributed by atoms with Gasteiger partial charge in [-0.25, -0.2) is 9.78 Å². The smallest absolute Gasteiger partial charge is 0.355 e. The monoisotopic (exact) mass is 412 g/mol. The Labute approximate surface area is 165 Å². The van der Waals surface area contributed by atoms with Gasteiger partial charge in [0.15, 0.2) is 10.8 Å². The summed E-state index contributed by atoms with van der Waals surface area (Å²) in [6.07, 6.45) is 5.33. The van der Waals surface area contributed by atoms with E-state index in [4.69, 9.17) is 28.3 Å². The zero-order valence-electron chi connectivity index (χ0n) is 13.9. The van der Waals surface area contributed by atoms with Crippen LogP contribution in [0.5, 0.6) is 0 Å². The van der Waals surface area contributed by atoms with Gasteiger partial charge in [0.1, 0.15) is 0 Å². The van der Waals surface area contributed by atoms with Gasteiger partial charge in [-0.15, -0.1) is 11.3 Å². The lowest BCUT2D eigenvalue weighted by molar-refractivity contribution is -0.118. The van der Waals surface area contributed by atoms with Crippen molar-refractivity contribution in [1.82, 2.24) is 4.98 Å². The van der Waals surface area contributed by atoms with Crippen molar-refractivity contribution in [3.05, 3.63) is 44.9 Å². The van der Waals surface area contributed by atoms with E-state index >= 15 is 0 Å². The standard InChI is InChI=1S/C18H18Cl2N2O3S/c19-13-6-5-11(8-14(13)20)12(7-10-3-1-2-4-10)16(23)22-18-21-15(9-26-18)17(24)25/h5-6,8-10,12H,1-4,7H2,(H,24,25)(H,21,22,23)/t12-/m1/s1. The Balaban J connectivity index is 1.81. The van der Waals surface area contributed by atoms with Crippen LogP contribution in [0.3, 0.4) is 0 Å². The van der Waals surface area contributed by atoms with Crippen LogP contribution in [0, 0.1) is 5.92 Å². The van der Waals surface area contributed by atoms with Crippen LogP contribution in [0.4, 0.5) is 5.13 Å². The average molecular weight is 413 g/mol. The van der Waals surface area contributed by atoms with Crippen molar-refractivity contribution in [3.8, 4) is 0 Å². The van der Waals surface area contributed by atoms with Crippen molar-refractivity contribution in [3.63, 3.8) is 0 Å². The maximum Gasteiger partial charge on any atom is 0.355 e. The van der Waals surface area contributed by atoms with Crippen molar-refractivity contribution < 1.29 is 14.7 Å². The molecule has 138 valence electrons. The Kier molecular flexibility index (Phi) is 6.16. The average Bonchev–Trinajstić information content (AvgIpc) is 3.27. The van der Waals surface area contributed by atoms with Crippen LogP contribution < -0.4 is 5.32 Å².